The number of hydrogen-bond donors (Lipinski definition) is 1. The minimum Gasteiger partial charge on any atom is -0.435 e. The molecule has 2 heterocycles. The number of carbonyl (C=O) groups excluding carboxylic acids is 1. The average Bonchev–Trinajstić information content (AvgIpc) is 2.81. The molecule has 6 nitrogen and oxygen atoms in total. The number of hydrogen-bond acceptors (Lipinski definition) is 4. The van der Waals surface area contributed by atoms with Gasteiger partial charge in [0.05, 0.1) is 0 Å². The maximum Gasteiger partial charge on any atom is 0.387 e. The van der Waals surface area contributed by atoms with E-state index in [1.54, 1.807) is 6.07 Å². The van der Waals surface area contributed by atoms with Crippen LogP contribution in [0.4, 0.5) is 8.78 Å². The van der Waals surface area contributed by atoms with Crippen molar-refractivity contribution in [2.24, 2.45) is 0 Å². The first kappa shape index (κ1) is 17.3. The minimum atomic E-state index is -2.92. The zero-order valence-electron chi connectivity index (χ0n) is 13.8. The Balaban J connectivity index is 1.55. The predicted molar refractivity (Wildman–Crippen MR) is 86.7 cm³/mol. The largest absolute Gasteiger partial charge is 0.435 e. The number of aryl methyl sites for hydroxylation is 1. The molecule has 1 aromatic carbocycles. The van der Waals surface area contributed by atoms with Gasteiger partial charge in [-0.25, -0.2) is 0 Å². The van der Waals surface area contributed by atoms with Crippen molar-refractivity contribution in [1.82, 2.24) is 20.1 Å². The summed E-state index contributed by atoms with van der Waals surface area (Å²) in [5.41, 5.74) is 0.276. The SMILES string of the molecule is O=C(NCCc1nnc2n1CCCCC2)c1cccc(OC(F)F)c1. The van der Waals surface area contributed by atoms with Crippen molar-refractivity contribution in [3.63, 3.8) is 0 Å². The van der Waals surface area contributed by atoms with E-state index in [1.165, 1.54) is 24.6 Å². The number of amides is 1. The van der Waals surface area contributed by atoms with Crippen LogP contribution < -0.4 is 10.1 Å². The zero-order valence-corrected chi connectivity index (χ0v) is 13.8. The maximum absolute atomic E-state index is 12.2. The third-order valence-electron chi connectivity index (χ3n) is 4.14. The molecule has 0 saturated carbocycles. The van der Waals surface area contributed by atoms with Crippen molar-refractivity contribution in [2.45, 2.75) is 45.3 Å². The first-order chi connectivity index (χ1) is 12.1. The van der Waals surface area contributed by atoms with Gasteiger partial charge < -0.3 is 14.6 Å². The number of nitrogens with one attached hydrogen (secondary N) is 1. The lowest BCUT2D eigenvalue weighted by atomic mass is 10.2. The van der Waals surface area contributed by atoms with Crippen molar-refractivity contribution in [3.05, 3.63) is 41.5 Å². The van der Waals surface area contributed by atoms with Crippen molar-refractivity contribution in [2.75, 3.05) is 6.54 Å². The van der Waals surface area contributed by atoms with Crippen LogP contribution in [0.3, 0.4) is 0 Å². The van der Waals surface area contributed by atoms with E-state index >= 15 is 0 Å². The first-order valence-electron chi connectivity index (χ1n) is 8.37. The molecule has 1 amide bonds. The summed E-state index contributed by atoms with van der Waals surface area (Å²) in [5, 5.41) is 11.2. The molecule has 0 saturated heterocycles. The van der Waals surface area contributed by atoms with Gasteiger partial charge in [-0.05, 0) is 31.0 Å². The summed E-state index contributed by atoms with van der Waals surface area (Å²) in [6.07, 6.45) is 4.95. The van der Waals surface area contributed by atoms with Crippen LogP contribution >= 0.6 is 0 Å². The fourth-order valence-electron chi connectivity index (χ4n) is 2.93. The van der Waals surface area contributed by atoms with Gasteiger partial charge in [-0.2, -0.15) is 8.78 Å². The second-order valence-corrected chi connectivity index (χ2v) is 5.91. The van der Waals surface area contributed by atoms with Gasteiger partial charge in [0.2, 0.25) is 0 Å². The molecule has 0 unspecified atom stereocenters. The fraction of sp³-hybridized carbons (Fsp3) is 0.471. The van der Waals surface area contributed by atoms with E-state index in [0.29, 0.717) is 13.0 Å². The molecular weight excluding hydrogens is 330 g/mol. The van der Waals surface area contributed by atoms with Crippen LogP contribution in [0.25, 0.3) is 0 Å². The summed E-state index contributed by atoms with van der Waals surface area (Å²) in [7, 11) is 0. The van der Waals surface area contributed by atoms with E-state index in [-0.39, 0.29) is 17.2 Å². The maximum atomic E-state index is 12.2. The van der Waals surface area contributed by atoms with Gasteiger partial charge in [-0.3, -0.25) is 4.79 Å². The normalized spacial score (nSPS) is 14.0. The van der Waals surface area contributed by atoms with Gasteiger partial charge in [0.1, 0.15) is 17.4 Å². The molecule has 2 aromatic rings. The smallest absolute Gasteiger partial charge is 0.387 e. The molecule has 25 heavy (non-hydrogen) atoms. The van der Waals surface area contributed by atoms with Gasteiger partial charge in [0.25, 0.3) is 5.91 Å². The summed E-state index contributed by atoms with van der Waals surface area (Å²) < 4.78 is 30.9. The van der Waals surface area contributed by atoms with Crippen LogP contribution in [-0.4, -0.2) is 33.8 Å². The molecule has 0 fully saturated rings. The number of aromatic nitrogens is 3. The Morgan fingerprint density at radius 2 is 2.16 bits per heavy atom. The number of carbonyl (C=O) groups is 1. The Morgan fingerprint density at radius 1 is 1.28 bits per heavy atom. The minimum absolute atomic E-state index is 0.0366. The molecule has 0 radical (unpaired) electrons. The van der Waals surface area contributed by atoms with Crippen molar-refractivity contribution < 1.29 is 18.3 Å². The molecule has 0 atom stereocenters. The number of alkyl halides is 2. The molecule has 3 rings (SSSR count). The molecule has 0 bridgehead atoms. The Hall–Kier alpha value is -2.51. The van der Waals surface area contributed by atoms with E-state index in [2.05, 4.69) is 24.8 Å². The number of nitrogens with zero attached hydrogens (tertiary/aromatic N) is 3. The van der Waals surface area contributed by atoms with Crippen LogP contribution in [0, 0.1) is 0 Å². The molecule has 8 heteroatoms. The van der Waals surface area contributed by atoms with E-state index in [1.807, 2.05) is 0 Å². The Labute approximate surface area is 144 Å². The van der Waals surface area contributed by atoms with Crippen LogP contribution in [0.15, 0.2) is 24.3 Å². The molecule has 1 aliphatic heterocycles. The van der Waals surface area contributed by atoms with E-state index in [4.69, 9.17) is 0 Å². The fourth-order valence-corrected chi connectivity index (χ4v) is 2.93. The monoisotopic (exact) mass is 350 g/mol. The second kappa shape index (κ2) is 8.04. The number of halogens is 2. The van der Waals surface area contributed by atoms with E-state index < -0.39 is 6.61 Å². The van der Waals surface area contributed by atoms with Gasteiger partial charge in [-0.1, -0.05) is 12.5 Å². The summed E-state index contributed by atoms with van der Waals surface area (Å²) in [6.45, 7) is -1.60. The first-order valence-corrected chi connectivity index (χ1v) is 8.37. The van der Waals surface area contributed by atoms with E-state index in [9.17, 15) is 13.6 Å². The van der Waals surface area contributed by atoms with Crippen molar-refractivity contribution in [3.8, 4) is 5.75 Å². The topological polar surface area (TPSA) is 69.0 Å². The number of benzene rings is 1. The summed E-state index contributed by atoms with van der Waals surface area (Å²) in [4.78, 5) is 12.2. The zero-order chi connectivity index (χ0) is 17.6. The molecule has 1 aromatic heterocycles. The lowest BCUT2D eigenvalue weighted by molar-refractivity contribution is -0.0498. The summed E-state index contributed by atoms with van der Waals surface area (Å²) in [6, 6.07) is 5.74. The second-order valence-electron chi connectivity index (χ2n) is 5.91. The van der Waals surface area contributed by atoms with Crippen molar-refractivity contribution >= 4 is 5.91 Å². The van der Waals surface area contributed by atoms with Crippen LogP contribution in [0.1, 0.15) is 41.3 Å². The van der Waals surface area contributed by atoms with Crippen molar-refractivity contribution in [1.29, 1.82) is 0 Å². The number of rotatable bonds is 6. The summed E-state index contributed by atoms with van der Waals surface area (Å²) in [5.74, 6) is 1.50. The lowest BCUT2D eigenvalue weighted by Crippen LogP contribution is -2.26. The van der Waals surface area contributed by atoms with Gasteiger partial charge in [-0.15, -0.1) is 10.2 Å². The standard InChI is InChI=1S/C17H20F2N4O2/c18-17(19)25-13-6-4-5-12(11-13)16(24)20-9-8-15-22-21-14-7-2-1-3-10-23(14)15/h4-6,11,17H,1-3,7-10H2,(H,20,24). The predicted octanol–water partition coefficient (Wildman–Crippen LogP) is 2.58. The third-order valence-corrected chi connectivity index (χ3v) is 4.14. The number of ether oxygens (including phenoxy) is 1. The van der Waals surface area contributed by atoms with Crippen LogP contribution in [0.5, 0.6) is 5.75 Å². The molecule has 0 spiro atoms. The molecule has 0 aliphatic carbocycles. The Kier molecular flexibility index (Phi) is 5.57. The average molecular weight is 350 g/mol. The Morgan fingerprint density at radius 3 is 3.00 bits per heavy atom. The highest BCUT2D eigenvalue weighted by Crippen LogP contribution is 2.16. The quantitative estimate of drug-likeness (QED) is 0.869. The molecular formula is C17H20F2N4O2. The van der Waals surface area contributed by atoms with E-state index in [0.717, 1.165) is 37.5 Å². The highest BCUT2D eigenvalue weighted by molar-refractivity contribution is 5.94. The Bertz CT molecular complexity index is 733. The molecule has 1 N–H and O–H groups in total. The van der Waals surface area contributed by atoms with Gasteiger partial charge in [0, 0.05) is 31.5 Å². The van der Waals surface area contributed by atoms with Crippen LogP contribution in [0.2, 0.25) is 0 Å². The molecule has 1 aliphatic rings. The number of fused-ring (bicyclic) bond motifs is 1. The summed E-state index contributed by atoms with van der Waals surface area (Å²) >= 11 is 0. The molecule has 134 valence electrons. The lowest BCUT2D eigenvalue weighted by Gasteiger charge is -2.09. The van der Waals surface area contributed by atoms with Gasteiger partial charge in [0.15, 0.2) is 0 Å². The van der Waals surface area contributed by atoms with Gasteiger partial charge >= 0.3 is 6.61 Å². The third kappa shape index (κ3) is 4.52. The highest BCUT2D eigenvalue weighted by atomic mass is 19.3. The highest BCUT2D eigenvalue weighted by Gasteiger charge is 2.15. The van der Waals surface area contributed by atoms with Crippen LogP contribution in [-0.2, 0) is 19.4 Å².